The van der Waals surface area contributed by atoms with Gasteiger partial charge >= 0.3 is 6.61 Å². The third-order valence-electron chi connectivity index (χ3n) is 7.44. The number of fused-ring (bicyclic) bond motifs is 1. The maximum absolute atomic E-state index is 12.7. The lowest BCUT2D eigenvalue weighted by atomic mass is 10.0. The second kappa shape index (κ2) is 8.26. The number of rotatable bonds is 7. The zero-order valence-corrected chi connectivity index (χ0v) is 18.7. The lowest BCUT2D eigenvalue weighted by Crippen LogP contribution is -2.33. The predicted molar refractivity (Wildman–Crippen MR) is 117 cm³/mol. The van der Waals surface area contributed by atoms with Gasteiger partial charge in [-0.25, -0.2) is 4.98 Å². The Balaban J connectivity index is 1.34. The van der Waals surface area contributed by atoms with E-state index in [4.69, 9.17) is 15.6 Å². The third-order valence-corrected chi connectivity index (χ3v) is 7.44. The van der Waals surface area contributed by atoms with Gasteiger partial charge in [-0.3, -0.25) is 9.58 Å². The number of aromatic nitrogens is 3. The van der Waals surface area contributed by atoms with E-state index in [1.54, 1.807) is 13.3 Å². The number of ether oxygens (including phenoxy) is 2. The fourth-order valence-electron chi connectivity index (χ4n) is 5.83. The van der Waals surface area contributed by atoms with Gasteiger partial charge in [0.2, 0.25) is 0 Å². The van der Waals surface area contributed by atoms with Gasteiger partial charge in [-0.15, -0.1) is 0 Å². The minimum absolute atomic E-state index is 0.0574. The first-order valence-corrected chi connectivity index (χ1v) is 11.4. The van der Waals surface area contributed by atoms with Crippen molar-refractivity contribution in [3.63, 3.8) is 0 Å². The summed E-state index contributed by atoms with van der Waals surface area (Å²) < 4.78 is 37.5. The van der Waals surface area contributed by atoms with Gasteiger partial charge in [0.15, 0.2) is 11.6 Å². The van der Waals surface area contributed by atoms with Crippen molar-refractivity contribution < 1.29 is 18.3 Å². The van der Waals surface area contributed by atoms with Crippen LogP contribution in [0.4, 0.5) is 14.6 Å². The van der Waals surface area contributed by atoms with Crippen molar-refractivity contribution in [3.8, 4) is 17.0 Å². The van der Waals surface area contributed by atoms with Crippen LogP contribution >= 0.6 is 0 Å². The van der Waals surface area contributed by atoms with Crippen molar-refractivity contribution in [1.82, 2.24) is 19.7 Å². The smallest absolute Gasteiger partial charge is 0.387 e. The van der Waals surface area contributed by atoms with E-state index < -0.39 is 6.61 Å². The van der Waals surface area contributed by atoms with Crippen LogP contribution in [0.5, 0.6) is 5.75 Å². The zero-order chi connectivity index (χ0) is 22.6. The normalized spacial score (nSPS) is 29.8. The molecule has 3 fully saturated rings. The summed E-state index contributed by atoms with van der Waals surface area (Å²) in [5.41, 5.74) is 8.26. The molecule has 32 heavy (non-hydrogen) atoms. The van der Waals surface area contributed by atoms with E-state index in [0.717, 1.165) is 19.5 Å². The second-order valence-corrected chi connectivity index (χ2v) is 9.60. The van der Waals surface area contributed by atoms with E-state index in [9.17, 15) is 8.78 Å². The molecule has 0 spiro atoms. The van der Waals surface area contributed by atoms with Crippen LogP contribution in [0.25, 0.3) is 11.3 Å². The number of nitrogens with two attached hydrogens (primary N) is 1. The first-order chi connectivity index (χ1) is 15.4. The standard InChI is InChI=1S/C23H31F2N5O2/c1-12(2)30-19(9-18(28-30)13-6-20(32-23(24)25)22(26)27-10-13)21-16-7-14(8-17(16)21)29-5-4-15(11-29)31-3/h6,9-10,12,14-17,21,23H,4-5,7-8,11H2,1-3H3,(H2,26,27)/t14-,15-,16-,17+,21+/m1/s1. The van der Waals surface area contributed by atoms with Gasteiger partial charge in [0.05, 0.1) is 11.8 Å². The number of alkyl halides is 2. The van der Waals surface area contributed by atoms with Crippen LogP contribution in [0.2, 0.25) is 0 Å². The van der Waals surface area contributed by atoms with Crippen LogP contribution in [-0.2, 0) is 4.74 Å². The average molecular weight is 448 g/mol. The Morgan fingerprint density at radius 2 is 1.94 bits per heavy atom. The van der Waals surface area contributed by atoms with Gasteiger partial charge in [0.25, 0.3) is 0 Å². The second-order valence-electron chi connectivity index (χ2n) is 9.60. The Bertz CT molecular complexity index is 969. The van der Waals surface area contributed by atoms with Crippen molar-refractivity contribution in [2.75, 3.05) is 25.9 Å². The van der Waals surface area contributed by atoms with Crippen LogP contribution in [0, 0.1) is 11.8 Å². The van der Waals surface area contributed by atoms with Crippen LogP contribution < -0.4 is 10.5 Å². The number of nitrogen functional groups attached to an aromatic ring is 1. The SMILES string of the molecule is CO[C@@H]1CCN([C@@H]2C[C@@H]3[C@H](C2)[C@H]3c2cc(-c3cnc(N)c(OC(F)F)c3)nn2C(C)C)C1. The van der Waals surface area contributed by atoms with E-state index in [2.05, 4.69) is 39.2 Å². The number of anilines is 1. The molecule has 3 heterocycles. The summed E-state index contributed by atoms with van der Waals surface area (Å²) in [6.07, 6.45) is 5.51. The molecule has 1 saturated heterocycles. The van der Waals surface area contributed by atoms with Gasteiger partial charge in [-0.2, -0.15) is 13.9 Å². The number of hydrogen-bond acceptors (Lipinski definition) is 6. The van der Waals surface area contributed by atoms with Gasteiger partial charge in [-0.05, 0) is 57.1 Å². The molecule has 0 amide bonds. The highest BCUT2D eigenvalue weighted by Gasteiger charge is 2.59. The van der Waals surface area contributed by atoms with Gasteiger partial charge in [0.1, 0.15) is 0 Å². The molecule has 0 radical (unpaired) electrons. The molecule has 174 valence electrons. The molecule has 2 aromatic heterocycles. The van der Waals surface area contributed by atoms with E-state index in [-0.39, 0.29) is 17.6 Å². The van der Waals surface area contributed by atoms with Crippen LogP contribution in [-0.4, -0.2) is 58.6 Å². The quantitative estimate of drug-likeness (QED) is 0.693. The minimum Gasteiger partial charge on any atom is -0.431 e. The van der Waals surface area contributed by atoms with Crippen LogP contribution in [0.1, 0.15) is 50.8 Å². The molecule has 2 N–H and O–H groups in total. The summed E-state index contributed by atoms with van der Waals surface area (Å²) >= 11 is 0. The molecule has 2 aliphatic carbocycles. The topological polar surface area (TPSA) is 78.4 Å². The lowest BCUT2D eigenvalue weighted by molar-refractivity contribution is -0.0494. The van der Waals surface area contributed by atoms with Gasteiger partial charge in [-0.1, -0.05) is 0 Å². The van der Waals surface area contributed by atoms with E-state index in [1.807, 2.05) is 0 Å². The Labute approximate surface area is 186 Å². The fourth-order valence-corrected chi connectivity index (χ4v) is 5.83. The van der Waals surface area contributed by atoms with Crippen molar-refractivity contribution in [1.29, 1.82) is 0 Å². The maximum atomic E-state index is 12.7. The number of nitrogens with zero attached hydrogens (tertiary/aromatic N) is 4. The Hall–Kier alpha value is -2.26. The van der Waals surface area contributed by atoms with Gasteiger partial charge in [0, 0.05) is 55.7 Å². The number of methoxy groups -OCH3 is 1. The highest BCUT2D eigenvalue weighted by Crippen LogP contribution is 2.64. The van der Waals surface area contributed by atoms with Gasteiger partial charge < -0.3 is 15.2 Å². The first-order valence-electron chi connectivity index (χ1n) is 11.4. The van der Waals surface area contributed by atoms with E-state index in [1.165, 1.54) is 24.6 Å². The van der Waals surface area contributed by atoms with E-state index >= 15 is 0 Å². The fraction of sp³-hybridized carbons (Fsp3) is 0.652. The van der Waals surface area contributed by atoms with Crippen LogP contribution in [0.3, 0.4) is 0 Å². The summed E-state index contributed by atoms with van der Waals surface area (Å²) in [7, 11) is 1.81. The lowest BCUT2D eigenvalue weighted by Gasteiger charge is -2.26. The maximum Gasteiger partial charge on any atom is 0.387 e. The third kappa shape index (κ3) is 3.85. The summed E-state index contributed by atoms with van der Waals surface area (Å²) in [6, 6.07) is 4.45. The number of hydrogen-bond donors (Lipinski definition) is 1. The number of likely N-dealkylation sites (tertiary alicyclic amines) is 1. The van der Waals surface area contributed by atoms with Crippen molar-refractivity contribution in [2.24, 2.45) is 11.8 Å². The zero-order valence-electron chi connectivity index (χ0n) is 18.7. The predicted octanol–water partition coefficient (Wildman–Crippen LogP) is 3.92. The molecule has 5 atom stereocenters. The Morgan fingerprint density at radius 3 is 2.56 bits per heavy atom. The van der Waals surface area contributed by atoms with E-state index in [0.29, 0.717) is 41.2 Å². The summed E-state index contributed by atoms with van der Waals surface area (Å²) in [5.74, 6) is 1.70. The number of pyridine rings is 1. The molecular formula is C23H31F2N5O2. The molecule has 0 bridgehead atoms. The largest absolute Gasteiger partial charge is 0.431 e. The summed E-state index contributed by atoms with van der Waals surface area (Å²) in [6.45, 7) is 3.46. The molecule has 5 rings (SSSR count). The molecule has 1 aliphatic heterocycles. The van der Waals surface area contributed by atoms with Crippen molar-refractivity contribution in [3.05, 3.63) is 24.0 Å². The average Bonchev–Trinajstić information content (AvgIpc) is 3.23. The molecule has 0 aromatic carbocycles. The van der Waals surface area contributed by atoms with Crippen molar-refractivity contribution in [2.45, 2.75) is 63.8 Å². The Kier molecular flexibility index (Phi) is 5.57. The highest BCUT2D eigenvalue weighted by molar-refractivity contribution is 5.64. The van der Waals surface area contributed by atoms with Crippen LogP contribution in [0.15, 0.2) is 18.3 Å². The van der Waals surface area contributed by atoms with Crippen molar-refractivity contribution >= 4 is 5.82 Å². The molecular weight excluding hydrogens is 416 g/mol. The molecule has 3 aliphatic rings. The molecule has 7 nitrogen and oxygen atoms in total. The summed E-state index contributed by atoms with van der Waals surface area (Å²) in [5, 5.41) is 4.80. The number of halogens is 2. The first kappa shape index (κ1) is 21.6. The molecule has 2 aromatic rings. The minimum atomic E-state index is -2.95. The summed E-state index contributed by atoms with van der Waals surface area (Å²) in [4.78, 5) is 6.64. The molecule has 0 unspecified atom stereocenters. The Morgan fingerprint density at radius 1 is 1.19 bits per heavy atom. The highest BCUT2D eigenvalue weighted by atomic mass is 19.3. The monoisotopic (exact) mass is 447 g/mol. The molecule has 9 heteroatoms. The molecule has 2 saturated carbocycles.